The molecule has 0 heterocycles. The fraction of sp³-hybridized carbons (Fsp3) is 0.857. The summed E-state index contributed by atoms with van der Waals surface area (Å²) in [5.41, 5.74) is -0.493. The molecule has 19 heavy (non-hydrogen) atoms. The summed E-state index contributed by atoms with van der Waals surface area (Å²) in [6, 6.07) is 0.0834. The Morgan fingerprint density at radius 3 is 2.26 bits per heavy atom. The van der Waals surface area contributed by atoms with Crippen molar-refractivity contribution in [3.63, 3.8) is 0 Å². The van der Waals surface area contributed by atoms with Gasteiger partial charge in [-0.2, -0.15) is 0 Å². The molecular weight excluding hydrogens is 244 g/mol. The summed E-state index contributed by atoms with van der Waals surface area (Å²) in [6.45, 7) is 3.70. The van der Waals surface area contributed by atoms with Crippen LogP contribution in [0.4, 0.5) is 4.79 Å². The minimum Gasteiger partial charge on any atom is -0.481 e. The highest BCUT2D eigenvalue weighted by atomic mass is 16.4. The van der Waals surface area contributed by atoms with Crippen molar-refractivity contribution in [2.45, 2.75) is 76.8 Å². The molecule has 0 bridgehead atoms. The van der Waals surface area contributed by atoms with Gasteiger partial charge in [-0.3, -0.25) is 4.79 Å². The van der Waals surface area contributed by atoms with Crippen LogP contribution >= 0.6 is 0 Å². The molecule has 0 radical (unpaired) electrons. The van der Waals surface area contributed by atoms with Crippen LogP contribution in [-0.2, 0) is 4.79 Å². The first-order valence-electron chi connectivity index (χ1n) is 7.19. The van der Waals surface area contributed by atoms with Gasteiger partial charge in [0.2, 0.25) is 0 Å². The van der Waals surface area contributed by atoms with E-state index in [-0.39, 0.29) is 18.5 Å². The number of aliphatic carboxylic acids is 1. The largest absolute Gasteiger partial charge is 0.481 e. The molecule has 0 aromatic rings. The number of nitrogens with one attached hydrogen (secondary N) is 2. The number of rotatable bonds is 5. The van der Waals surface area contributed by atoms with Crippen LogP contribution in [0.5, 0.6) is 0 Å². The Bertz CT molecular complexity index is 308. The second-order valence-corrected chi connectivity index (χ2v) is 6.06. The lowest BCUT2D eigenvalue weighted by atomic mass is 9.99. The fourth-order valence-corrected chi connectivity index (χ4v) is 2.43. The molecule has 0 saturated heterocycles. The number of carbonyl (C=O) groups excluding carboxylic acids is 1. The highest BCUT2D eigenvalue weighted by Gasteiger charge is 2.23. The van der Waals surface area contributed by atoms with Crippen molar-refractivity contribution in [1.82, 2.24) is 10.6 Å². The first-order chi connectivity index (χ1) is 8.89. The van der Waals surface area contributed by atoms with Crippen molar-refractivity contribution >= 4 is 12.0 Å². The van der Waals surface area contributed by atoms with Gasteiger partial charge in [-0.25, -0.2) is 4.79 Å². The number of hydrogen-bond donors (Lipinski definition) is 3. The zero-order valence-electron chi connectivity index (χ0n) is 12.0. The highest BCUT2D eigenvalue weighted by molar-refractivity contribution is 5.75. The first kappa shape index (κ1) is 15.8. The normalized spacial score (nSPS) is 17.6. The van der Waals surface area contributed by atoms with Crippen molar-refractivity contribution < 1.29 is 14.7 Å². The van der Waals surface area contributed by atoms with Crippen molar-refractivity contribution in [1.29, 1.82) is 0 Å². The topological polar surface area (TPSA) is 78.4 Å². The summed E-state index contributed by atoms with van der Waals surface area (Å²) in [4.78, 5) is 22.5. The number of carboxylic acid groups (broad SMARTS) is 1. The maximum absolute atomic E-state index is 11.9. The van der Waals surface area contributed by atoms with Gasteiger partial charge < -0.3 is 15.7 Å². The molecule has 0 aliphatic heterocycles. The van der Waals surface area contributed by atoms with Crippen LogP contribution in [-0.4, -0.2) is 28.7 Å². The summed E-state index contributed by atoms with van der Waals surface area (Å²) in [5, 5.41) is 14.5. The smallest absolute Gasteiger partial charge is 0.315 e. The average molecular weight is 270 g/mol. The molecule has 1 aliphatic carbocycles. The third kappa shape index (κ3) is 7.03. The van der Waals surface area contributed by atoms with Crippen molar-refractivity contribution in [2.24, 2.45) is 0 Å². The Kier molecular flexibility index (Phi) is 6.12. The van der Waals surface area contributed by atoms with Gasteiger partial charge in [0.25, 0.3) is 0 Å². The molecule has 5 heteroatoms. The lowest BCUT2D eigenvalue weighted by Gasteiger charge is -2.27. The van der Waals surface area contributed by atoms with Crippen LogP contribution in [0.3, 0.4) is 0 Å². The van der Waals surface area contributed by atoms with Gasteiger partial charge in [-0.1, -0.05) is 25.7 Å². The SMILES string of the molecule is CC(C)(CCC(=O)O)NC(=O)NC1CCCCCC1. The molecule has 1 saturated carbocycles. The van der Waals surface area contributed by atoms with E-state index in [2.05, 4.69) is 10.6 Å². The Balaban J connectivity index is 2.34. The van der Waals surface area contributed by atoms with Crippen LogP contribution in [0.25, 0.3) is 0 Å². The monoisotopic (exact) mass is 270 g/mol. The van der Waals surface area contributed by atoms with E-state index in [9.17, 15) is 9.59 Å². The Labute approximate surface area is 115 Å². The molecule has 0 spiro atoms. The molecule has 1 rings (SSSR count). The van der Waals surface area contributed by atoms with Crippen molar-refractivity contribution in [2.75, 3.05) is 0 Å². The van der Waals surface area contributed by atoms with Crippen LogP contribution in [0.15, 0.2) is 0 Å². The molecule has 1 aliphatic rings. The maximum Gasteiger partial charge on any atom is 0.315 e. The third-order valence-electron chi connectivity index (χ3n) is 3.61. The summed E-state index contributed by atoms with van der Waals surface area (Å²) in [7, 11) is 0. The quantitative estimate of drug-likeness (QED) is 0.672. The Morgan fingerprint density at radius 2 is 1.74 bits per heavy atom. The molecule has 1 fully saturated rings. The third-order valence-corrected chi connectivity index (χ3v) is 3.61. The van der Waals surface area contributed by atoms with Gasteiger partial charge in [0, 0.05) is 18.0 Å². The summed E-state index contributed by atoms with van der Waals surface area (Å²) < 4.78 is 0. The lowest BCUT2D eigenvalue weighted by molar-refractivity contribution is -0.137. The molecule has 5 nitrogen and oxygen atoms in total. The van der Waals surface area contributed by atoms with E-state index in [1.54, 1.807) is 0 Å². The minimum atomic E-state index is -0.834. The van der Waals surface area contributed by atoms with E-state index in [0.29, 0.717) is 6.42 Å². The number of carbonyl (C=O) groups is 2. The second-order valence-electron chi connectivity index (χ2n) is 6.06. The van der Waals surface area contributed by atoms with Gasteiger partial charge in [-0.05, 0) is 33.1 Å². The van der Waals surface area contributed by atoms with Crippen LogP contribution < -0.4 is 10.6 Å². The van der Waals surface area contributed by atoms with Crippen LogP contribution in [0, 0.1) is 0 Å². The molecule has 2 amide bonds. The maximum atomic E-state index is 11.9. The molecular formula is C14H26N2O3. The Morgan fingerprint density at radius 1 is 1.16 bits per heavy atom. The lowest BCUT2D eigenvalue weighted by Crippen LogP contribution is -2.51. The number of amides is 2. The molecule has 0 atom stereocenters. The minimum absolute atomic E-state index is 0.0662. The second kappa shape index (κ2) is 7.36. The van der Waals surface area contributed by atoms with E-state index in [1.807, 2.05) is 13.8 Å². The predicted octanol–water partition coefficient (Wildman–Crippen LogP) is 2.65. The van der Waals surface area contributed by atoms with Gasteiger partial charge in [0.15, 0.2) is 0 Å². The summed E-state index contributed by atoms with van der Waals surface area (Å²) in [5.74, 6) is -0.834. The standard InChI is InChI=1S/C14H26N2O3/c1-14(2,10-9-12(17)18)16-13(19)15-11-7-5-3-4-6-8-11/h11H,3-10H2,1-2H3,(H,17,18)(H2,15,16,19). The van der Waals surface area contributed by atoms with Crippen molar-refractivity contribution in [3.8, 4) is 0 Å². The summed E-state index contributed by atoms with van der Waals surface area (Å²) >= 11 is 0. The summed E-state index contributed by atoms with van der Waals surface area (Å²) in [6.07, 6.45) is 7.44. The van der Waals surface area contributed by atoms with Gasteiger partial charge in [0.05, 0.1) is 0 Å². The highest BCUT2D eigenvalue weighted by Crippen LogP contribution is 2.17. The van der Waals surface area contributed by atoms with Gasteiger partial charge in [0.1, 0.15) is 0 Å². The zero-order valence-corrected chi connectivity index (χ0v) is 12.0. The molecule has 0 aromatic heterocycles. The van der Waals surface area contributed by atoms with E-state index in [0.717, 1.165) is 12.8 Å². The Hall–Kier alpha value is -1.26. The van der Waals surface area contributed by atoms with E-state index in [1.165, 1.54) is 25.7 Å². The van der Waals surface area contributed by atoms with E-state index >= 15 is 0 Å². The zero-order chi connectivity index (χ0) is 14.3. The number of urea groups is 1. The van der Waals surface area contributed by atoms with E-state index < -0.39 is 11.5 Å². The number of carboxylic acids is 1. The first-order valence-corrected chi connectivity index (χ1v) is 7.19. The van der Waals surface area contributed by atoms with Gasteiger partial charge in [-0.15, -0.1) is 0 Å². The molecule has 0 aromatic carbocycles. The van der Waals surface area contributed by atoms with Gasteiger partial charge >= 0.3 is 12.0 Å². The average Bonchev–Trinajstić information content (AvgIpc) is 2.54. The molecule has 0 unspecified atom stereocenters. The molecule has 110 valence electrons. The predicted molar refractivity (Wildman–Crippen MR) is 74.1 cm³/mol. The van der Waals surface area contributed by atoms with Crippen LogP contribution in [0.2, 0.25) is 0 Å². The van der Waals surface area contributed by atoms with Crippen LogP contribution in [0.1, 0.15) is 65.2 Å². The van der Waals surface area contributed by atoms with E-state index in [4.69, 9.17) is 5.11 Å². The van der Waals surface area contributed by atoms with Crippen molar-refractivity contribution in [3.05, 3.63) is 0 Å². The number of hydrogen-bond acceptors (Lipinski definition) is 2. The fourth-order valence-electron chi connectivity index (χ4n) is 2.43. The molecule has 3 N–H and O–H groups in total.